The normalized spacial score (nSPS) is 18.5. The molecule has 0 unspecified atom stereocenters. The van der Waals surface area contributed by atoms with Gasteiger partial charge in [0, 0.05) is 37.6 Å². The highest BCUT2D eigenvalue weighted by molar-refractivity contribution is 5.46. The van der Waals surface area contributed by atoms with Crippen LogP contribution in [0.2, 0.25) is 0 Å². The van der Waals surface area contributed by atoms with Crippen LogP contribution in [0.5, 0.6) is 5.75 Å². The van der Waals surface area contributed by atoms with E-state index in [1.54, 1.807) is 38.0 Å². The molecule has 31 heavy (non-hydrogen) atoms. The van der Waals surface area contributed by atoms with Crippen LogP contribution < -0.4 is 10.1 Å². The van der Waals surface area contributed by atoms with Gasteiger partial charge in [0.05, 0.1) is 31.8 Å². The lowest BCUT2D eigenvalue weighted by Crippen LogP contribution is -2.38. The van der Waals surface area contributed by atoms with Crippen molar-refractivity contribution in [1.29, 1.82) is 0 Å². The maximum absolute atomic E-state index is 6.03. The molecule has 8 heteroatoms. The van der Waals surface area contributed by atoms with E-state index in [1.165, 1.54) is 29.5 Å². The fraction of sp³-hybridized carbons (Fsp3) is 0.391. The first-order valence-corrected chi connectivity index (χ1v) is 10.7. The number of aryl methyl sites for hydroxylation is 2. The average molecular weight is 419 g/mol. The van der Waals surface area contributed by atoms with Crippen LogP contribution in [0.15, 0.2) is 43.0 Å². The lowest BCUT2D eigenvalue weighted by molar-refractivity contribution is -0.0352. The number of morpholine rings is 1. The molecule has 0 amide bonds. The fourth-order valence-corrected chi connectivity index (χ4v) is 4.31. The molecule has 1 aromatic carbocycles. The second-order valence-corrected chi connectivity index (χ2v) is 7.91. The van der Waals surface area contributed by atoms with Crippen LogP contribution in [0.4, 0.5) is 11.8 Å². The summed E-state index contributed by atoms with van der Waals surface area (Å²) in [6.07, 6.45) is 10.2. The number of nitrogens with zero attached hydrogens (tertiary/aromatic N) is 5. The van der Waals surface area contributed by atoms with E-state index in [-0.39, 0.29) is 6.10 Å². The lowest BCUT2D eigenvalue weighted by atomic mass is 10.0. The number of hydrogen-bond acceptors (Lipinski definition) is 8. The Bertz CT molecular complexity index is 1050. The molecular weight excluding hydrogens is 392 g/mol. The maximum Gasteiger partial charge on any atom is 0.228 e. The summed E-state index contributed by atoms with van der Waals surface area (Å²) in [6, 6.07) is 6.32. The molecule has 1 saturated heterocycles. The van der Waals surface area contributed by atoms with E-state index in [0.29, 0.717) is 18.4 Å². The molecule has 5 rings (SSSR count). The topological polar surface area (TPSA) is 85.3 Å². The van der Waals surface area contributed by atoms with Gasteiger partial charge in [-0.05, 0) is 42.5 Å². The molecule has 1 aliphatic heterocycles. The molecular formula is C23H26N6O2. The highest BCUT2D eigenvalue weighted by Crippen LogP contribution is 2.31. The van der Waals surface area contributed by atoms with Crippen LogP contribution >= 0.6 is 0 Å². The van der Waals surface area contributed by atoms with E-state index in [2.05, 4.69) is 42.3 Å². The summed E-state index contributed by atoms with van der Waals surface area (Å²) >= 11 is 0. The summed E-state index contributed by atoms with van der Waals surface area (Å²) in [4.78, 5) is 19.8. The van der Waals surface area contributed by atoms with Crippen LogP contribution in [-0.4, -0.2) is 51.6 Å². The van der Waals surface area contributed by atoms with Crippen molar-refractivity contribution in [2.24, 2.45) is 0 Å². The molecule has 8 nitrogen and oxygen atoms in total. The largest absolute Gasteiger partial charge is 0.496 e. The molecule has 1 aliphatic carbocycles. The molecule has 0 radical (unpaired) electrons. The molecule has 0 bridgehead atoms. The zero-order valence-corrected chi connectivity index (χ0v) is 17.6. The van der Waals surface area contributed by atoms with E-state index in [9.17, 15) is 0 Å². The summed E-state index contributed by atoms with van der Waals surface area (Å²) in [5.74, 6) is 2.08. The Morgan fingerprint density at radius 1 is 1.16 bits per heavy atom. The zero-order chi connectivity index (χ0) is 21.0. The van der Waals surface area contributed by atoms with Gasteiger partial charge in [0.2, 0.25) is 5.95 Å². The van der Waals surface area contributed by atoms with Gasteiger partial charge in [0.1, 0.15) is 11.9 Å². The van der Waals surface area contributed by atoms with Gasteiger partial charge in [-0.1, -0.05) is 6.07 Å². The van der Waals surface area contributed by atoms with Crippen molar-refractivity contribution < 1.29 is 9.47 Å². The minimum Gasteiger partial charge on any atom is -0.496 e. The van der Waals surface area contributed by atoms with Crippen molar-refractivity contribution in [3.63, 3.8) is 0 Å². The minimum atomic E-state index is -0.139. The molecule has 1 fully saturated rings. The second kappa shape index (κ2) is 8.95. The Hall–Kier alpha value is -3.10. The summed E-state index contributed by atoms with van der Waals surface area (Å²) in [6.45, 7) is 3.11. The number of fused-ring (bicyclic) bond motifs is 1. The number of aromatic nitrogens is 4. The zero-order valence-electron chi connectivity index (χ0n) is 17.6. The van der Waals surface area contributed by atoms with E-state index in [0.717, 1.165) is 37.5 Å². The summed E-state index contributed by atoms with van der Waals surface area (Å²) in [5, 5.41) is 3.09. The Balaban J connectivity index is 1.29. The van der Waals surface area contributed by atoms with Gasteiger partial charge in [0.25, 0.3) is 0 Å². The average Bonchev–Trinajstić information content (AvgIpc) is 3.27. The van der Waals surface area contributed by atoms with Crippen molar-refractivity contribution in [1.82, 2.24) is 24.8 Å². The number of benzene rings is 1. The van der Waals surface area contributed by atoms with E-state index < -0.39 is 0 Å². The van der Waals surface area contributed by atoms with Crippen molar-refractivity contribution in [3.05, 3.63) is 65.4 Å². The third-order valence-electron chi connectivity index (χ3n) is 5.83. The highest BCUT2D eigenvalue weighted by atomic mass is 16.5. The number of nitrogens with one attached hydrogen (secondary N) is 1. The molecule has 160 valence electrons. The Morgan fingerprint density at radius 2 is 2.00 bits per heavy atom. The minimum absolute atomic E-state index is 0.139. The van der Waals surface area contributed by atoms with Gasteiger partial charge in [-0.15, -0.1) is 0 Å². The lowest BCUT2D eigenvalue weighted by Gasteiger charge is -2.33. The van der Waals surface area contributed by atoms with Gasteiger partial charge in [0.15, 0.2) is 5.82 Å². The van der Waals surface area contributed by atoms with Gasteiger partial charge < -0.3 is 14.8 Å². The van der Waals surface area contributed by atoms with Crippen molar-refractivity contribution in [3.8, 4) is 5.75 Å². The SMILES string of the molecule is COc1cc2c(cc1CN1CCO[C@H](c3cncc(Nc4ncccn4)n3)C1)CCC2. The van der Waals surface area contributed by atoms with E-state index in [1.807, 2.05) is 0 Å². The van der Waals surface area contributed by atoms with Gasteiger partial charge in [-0.2, -0.15) is 0 Å². The van der Waals surface area contributed by atoms with Crippen LogP contribution in [0.3, 0.4) is 0 Å². The van der Waals surface area contributed by atoms with Crippen LogP contribution in [0.25, 0.3) is 0 Å². The monoisotopic (exact) mass is 418 g/mol. The van der Waals surface area contributed by atoms with Gasteiger partial charge >= 0.3 is 0 Å². The first kappa shape index (κ1) is 19.8. The summed E-state index contributed by atoms with van der Waals surface area (Å²) in [5.41, 5.74) is 4.94. The first-order valence-electron chi connectivity index (χ1n) is 10.7. The Kier molecular flexibility index (Phi) is 5.73. The molecule has 1 atom stereocenters. The van der Waals surface area contributed by atoms with Crippen molar-refractivity contribution >= 4 is 11.8 Å². The molecule has 0 spiro atoms. The summed E-state index contributed by atoms with van der Waals surface area (Å²) < 4.78 is 11.7. The molecule has 3 aromatic rings. The van der Waals surface area contributed by atoms with Crippen LogP contribution in [-0.2, 0) is 24.1 Å². The highest BCUT2D eigenvalue weighted by Gasteiger charge is 2.25. The van der Waals surface area contributed by atoms with Crippen LogP contribution in [0, 0.1) is 0 Å². The fourth-order valence-electron chi connectivity index (χ4n) is 4.31. The van der Waals surface area contributed by atoms with Crippen LogP contribution in [0.1, 0.15) is 34.9 Å². The molecule has 3 heterocycles. The standard InChI is InChI=1S/C23H26N6O2/c1-30-20-11-17-5-2-4-16(17)10-18(20)14-29-8-9-31-21(15-29)19-12-24-13-22(27-19)28-23-25-6-3-7-26-23/h3,6-7,10-13,21H,2,4-5,8-9,14-15H2,1H3,(H,25,26,27,28)/t21-/m0/s1. The molecule has 1 N–H and O–H groups in total. The number of rotatable bonds is 6. The maximum atomic E-state index is 6.03. The molecule has 2 aliphatic rings. The second-order valence-electron chi connectivity index (χ2n) is 7.91. The Morgan fingerprint density at radius 3 is 2.84 bits per heavy atom. The Labute approximate surface area is 181 Å². The van der Waals surface area contributed by atoms with E-state index >= 15 is 0 Å². The number of ether oxygens (including phenoxy) is 2. The summed E-state index contributed by atoms with van der Waals surface area (Å²) in [7, 11) is 1.76. The predicted molar refractivity (Wildman–Crippen MR) is 116 cm³/mol. The van der Waals surface area contributed by atoms with E-state index in [4.69, 9.17) is 9.47 Å². The molecule has 2 aromatic heterocycles. The van der Waals surface area contributed by atoms with Crippen molar-refractivity contribution in [2.45, 2.75) is 31.9 Å². The predicted octanol–water partition coefficient (Wildman–Crippen LogP) is 3.08. The first-order chi connectivity index (χ1) is 15.3. The van der Waals surface area contributed by atoms with Gasteiger partial charge in [-0.3, -0.25) is 9.88 Å². The third-order valence-corrected chi connectivity index (χ3v) is 5.83. The van der Waals surface area contributed by atoms with Crippen molar-refractivity contribution in [2.75, 3.05) is 32.1 Å². The number of methoxy groups -OCH3 is 1. The number of hydrogen-bond donors (Lipinski definition) is 1. The number of anilines is 2. The quantitative estimate of drug-likeness (QED) is 0.654. The molecule has 0 saturated carbocycles. The van der Waals surface area contributed by atoms with Gasteiger partial charge in [-0.25, -0.2) is 15.0 Å². The third kappa shape index (κ3) is 4.50. The smallest absolute Gasteiger partial charge is 0.228 e.